The Hall–Kier alpha value is -1.82. The topological polar surface area (TPSA) is 67.8 Å². The summed E-state index contributed by atoms with van der Waals surface area (Å²) in [6.45, 7) is 3.51. The van der Waals surface area contributed by atoms with Gasteiger partial charge in [-0.3, -0.25) is 0 Å². The van der Waals surface area contributed by atoms with Crippen molar-refractivity contribution < 1.29 is 9.47 Å². The molecule has 2 N–H and O–H groups in total. The lowest BCUT2D eigenvalue weighted by Gasteiger charge is -2.22. The third-order valence-electron chi connectivity index (χ3n) is 4.20. The molecule has 3 atom stereocenters. The van der Waals surface area contributed by atoms with E-state index < -0.39 is 0 Å². The van der Waals surface area contributed by atoms with E-state index in [4.69, 9.17) is 9.47 Å². The first kappa shape index (κ1) is 15.1. The average molecular weight is 304 g/mol. The molecule has 0 aromatic carbocycles. The van der Waals surface area contributed by atoms with Gasteiger partial charge in [-0.05, 0) is 31.7 Å². The molecule has 6 nitrogen and oxygen atoms in total. The lowest BCUT2D eigenvalue weighted by molar-refractivity contribution is 0.0992. The number of pyridine rings is 1. The van der Waals surface area contributed by atoms with Crippen molar-refractivity contribution in [3.05, 3.63) is 23.9 Å². The molecule has 1 aromatic heterocycles. The third kappa shape index (κ3) is 3.50. The molecule has 0 aliphatic carbocycles. The lowest BCUT2D eigenvalue weighted by Crippen LogP contribution is -2.47. The van der Waals surface area contributed by atoms with Gasteiger partial charge in [-0.1, -0.05) is 6.07 Å². The highest BCUT2D eigenvalue weighted by atomic mass is 16.5. The minimum absolute atomic E-state index is 0.344. The molecular weight excluding hydrogens is 280 g/mol. The van der Waals surface area contributed by atoms with E-state index in [1.54, 1.807) is 13.3 Å². The SMILES string of the molecule is CCNC(=NCc1ccc(OC)nc1)NC1CC2CCC1O2. The van der Waals surface area contributed by atoms with Crippen molar-refractivity contribution >= 4 is 5.96 Å². The fourth-order valence-electron chi connectivity index (χ4n) is 3.08. The van der Waals surface area contributed by atoms with Gasteiger partial charge in [-0.15, -0.1) is 0 Å². The fraction of sp³-hybridized carbons (Fsp3) is 0.625. The van der Waals surface area contributed by atoms with Crippen molar-refractivity contribution in [3.8, 4) is 5.88 Å². The molecule has 3 unspecified atom stereocenters. The Morgan fingerprint density at radius 3 is 2.95 bits per heavy atom. The van der Waals surface area contributed by atoms with Gasteiger partial charge in [0.2, 0.25) is 5.88 Å². The van der Waals surface area contributed by atoms with Crippen LogP contribution in [-0.4, -0.2) is 42.8 Å². The molecule has 0 saturated carbocycles. The smallest absolute Gasteiger partial charge is 0.212 e. The molecule has 1 aromatic rings. The van der Waals surface area contributed by atoms with Crippen molar-refractivity contribution in [2.45, 2.75) is 51.0 Å². The molecule has 0 radical (unpaired) electrons. The minimum Gasteiger partial charge on any atom is -0.481 e. The quantitative estimate of drug-likeness (QED) is 0.637. The van der Waals surface area contributed by atoms with E-state index >= 15 is 0 Å². The Kier molecular flexibility index (Phi) is 4.77. The summed E-state index contributed by atoms with van der Waals surface area (Å²) in [5, 5.41) is 6.81. The number of hydrogen-bond acceptors (Lipinski definition) is 4. The maximum atomic E-state index is 5.88. The Morgan fingerprint density at radius 1 is 1.45 bits per heavy atom. The largest absolute Gasteiger partial charge is 0.481 e. The van der Waals surface area contributed by atoms with Gasteiger partial charge >= 0.3 is 0 Å². The van der Waals surface area contributed by atoms with Crippen LogP contribution in [0.25, 0.3) is 0 Å². The summed E-state index contributed by atoms with van der Waals surface area (Å²) in [6, 6.07) is 4.22. The van der Waals surface area contributed by atoms with Crippen LogP contribution in [-0.2, 0) is 11.3 Å². The lowest BCUT2D eigenvalue weighted by atomic mass is 9.96. The van der Waals surface area contributed by atoms with E-state index in [-0.39, 0.29) is 0 Å². The van der Waals surface area contributed by atoms with Gasteiger partial charge < -0.3 is 20.1 Å². The van der Waals surface area contributed by atoms with Crippen molar-refractivity contribution in [3.63, 3.8) is 0 Å². The molecule has 3 heterocycles. The van der Waals surface area contributed by atoms with Gasteiger partial charge in [0.05, 0.1) is 31.9 Å². The van der Waals surface area contributed by atoms with Crippen LogP contribution in [0.2, 0.25) is 0 Å². The van der Waals surface area contributed by atoms with Gasteiger partial charge in [0.15, 0.2) is 5.96 Å². The van der Waals surface area contributed by atoms with Crippen LogP contribution in [0.1, 0.15) is 31.7 Å². The van der Waals surface area contributed by atoms with E-state index in [1.165, 1.54) is 6.42 Å². The van der Waals surface area contributed by atoms with E-state index in [9.17, 15) is 0 Å². The van der Waals surface area contributed by atoms with Crippen LogP contribution in [0, 0.1) is 0 Å². The first-order valence-electron chi connectivity index (χ1n) is 7.97. The number of rotatable bonds is 5. The van der Waals surface area contributed by atoms with E-state index in [0.29, 0.717) is 30.7 Å². The minimum atomic E-state index is 0.344. The summed E-state index contributed by atoms with van der Waals surface area (Å²) in [6.07, 6.45) is 6.02. The Morgan fingerprint density at radius 2 is 2.36 bits per heavy atom. The number of aromatic nitrogens is 1. The number of nitrogens with zero attached hydrogens (tertiary/aromatic N) is 2. The van der Waals surface area contributed by atoms with Crippen molar-refractivity contribution in [1.29, 1.82) is 0 Å². The van der Waals surface area contributed by atoms with Crippen molar-refractivity contribution in [1.82, 2.24) is 15.6 Å². The Bertz CT molecular complexity index is 517. The number of fused-ring (bicyclic) bond motifs is 2. The molecule has 22 heavy (non-hydrogen) atoms. The van der Waals surface area contributed by atoms with Crippen LogP contribution in [0.5, 0.6) is 5.88 Å². The predicted octanol–water partition coefficient (Wildman–Crippen LogP) is 1.47. The molecular formula is C16H24N4O2. The van der Waals surface area contributed by atoms with Crippen LogP contribution in [0.4, 0.5) is 0 Å². The summed E-state index contributed by atoms with van der Waals surface area (Å²) in [5.74, 6) is 1.47. The highest BCUT2D eigenvalue weighted by Gasteiger charge is 2.41. The molecule has 2 aliphatic heterocycles. The molecule has 2 saturated heterocycles. The number of hydrogen-bond donors (Lipinski definition) is 2. The zero-order valence-electron chi connectivity index (χ0n) is 13.2. The summed E-state index contributed by atoms with van der Waals surface area (Å²) in [7, 11) is 1.62. The number of nitrogens with one attached hydrogen (secondary N) is 2. The van der Waals surface area contributed by atoms with Gasteiger partial charge in [0.25, 0.3) is 0 Å². The van der Waals surface area contributed by atoms with Crippen LogP contribution < -0.4 is 15.4 Å². The standard InChI is InChI=1S/C16H24N4O2/c1-3-17-16(20-13-8-12-5-6-14(13)22-12)19-10-11-4-7-15(21-2)18-9-11/h4,7,9,12-14H,3,5-6,8,10H2,1-2H3,(H2,17,19,20). The highest BCUT2D eigenvalue weighted by Crippen LogP contribution is 2.34. The van der Waals surface area contributed by atoms with Crippen LogP contribution in [0.3, 0.4) is 0 Å². The average Bonchev–Trinajstić information content (AvgIpc) is 3.16. The summed E-state index contributed by atoms with van der Waals surface area (Å²) in [4.78, 5) is 8.85. The van der Waals surface area contributed by atoms with Crippen molar-refractivity contribution in [2.24, 2.45) is 4.99 Å². The second-order valence-corrected chi connectivity index (χ2v) is 5.76. The molecule has 2 bridgehead atoms. The van der Waals surface area contributed by atoms with Gasteiger partial charge in [-0.2, -0.15) is 0 Å². The maximum absolute atomic E-state index is 5.88. The second kappa shape index (κ2) is 6.96. The van der Waals surface area contributed by atoms with Gasteiger partial charge in [-0.25, -0.2) is 9.98 Å². The molecule has 2 fully saturated rings. The van der Waals surface area contributed by atoms with Gasteiger partial charge in [0, 0.05) is 18.8 Å². The predicted molar refractivity (Wildman–Crippen MR) is 85.0 cm³/mol. The molecule has 3 rings (SSSR count). The number of ether oxygens (including phenoxy) is 2. The molecule has 6 heteroatoms. The molecule has 2 aliphatic rings. The molecule has 120 valence electrons. The fourth-order valence-corrected chi connectivity index (χ4v) is 3.08. The molecule has 0 spiro atoms. The summed E-state index contributed by atoms with van der Waals surface area (Å²) in [5.41, 5.74) is 1.06. The van der Waals surface area contributed by atoms with Crippen LogP contribution >= 0.6 is 0 Å². The Balaban J connectivity index is 1.59. The maximum Gasteiger partial charge on any atom is 0.212 e. The number of guanidine groups is 1. The molecule has 0 amide bonds. The third-order valence-corrected chi connectivity index (χ3v) is 4.20. The zero-order chi connectivity index (χ0) is 15.4. The number of methoxy groups -OCH3 is 1. The normalized spacial score (nSPS) is 27.0. The van der Waals surface area contributed by atoms with E-state index in [0.717, 1.165) is 30.9 Å². The van der Waals surface area contributed by atoms with Crippen molar-refractivity contribution in [2.75, 3.05) is 13.7 Å². The second-order valence-electron chi connectivity index (χ2n) is 5.76. The van der Waals surface area contributed by atoms with Gasteiger partial charge in [0.1, 0.15) is 0 Å². The summed E-state index contributed by atoms with van der Waals surface area (Å²) < 4.78 is 10.9. The monoisotopic (exact) mass is 304 g/mol. The van der Waals surface area contributed by atoms with Crippen LogP contribution in [0.15, 0.2) is 23.3 Å². The van der Waals surface area contributed by atoms with E-state index in [1.807, 2.05) is 12.1 Å². The van der Waals surface area contributed by atoms with E-state index in [2.05, 4.69) is 27.5 Å². The first-order chi connectivity index (χ1) is 10.8. The Labute approximate surface area is 131 Å². The summed E-state index contributed by atoms with van der Waals surface area (Å²) >= 11 is 0. The highest BCUT2D eigenvalue weighted by molar-refractivity contribution is 5.80. The number of aliphatic imine (C=N–C) groups is 1. The first-order valence-corrected chi connectivity index (χ1v) is 7.97. The zero-order valence-corrected chi connectivity index (χ0v) is 13.2.